The summed E-state index contributed by atoms with van der Waals surface area (Å²) in [6, 6.07) is 11.5. The van der Waals surface area contributed by atoms with E-state index in [4.69, 9.17) is 5.26 Å². The van der Waals surface area contributed by atoms with E-state index in [1.165, 1.54) is 22.2 Å². The number of aromatic nitrogens is 1. The molecular formula is C21H32N2Si. The minimum absolute atomic E-state index is 0.591. The van der Waals surface area contributed by atoms with Crippen molar-refractivity contribution in [3.05, 3.63) is 35.5 Å². The standard InChI is InChI=1S/C21H32N2Si/c1-15(2)24(16(3)4,17(5)6)23-20(9-8-12-22)14-19-11-10-18(7)13-21(19)23/h10-11,13-17H,8-9H2,1-7H3. The van der Waals surface area contributed by atoms with Crippen LogP contribution in [-0.4, -0.2) is 12.5 Å². The van der Waals surface area contributed by atoms with Crippen molar-refractivity contribution in [2.24, 2.45) is 0 Å². The SMILES string of the molecule is Cc1ccc2cc(CCC#N)n([Si](C(C)C)(C(C)C)C(C)C)c2c1. The Morgan fingerprint density at radius 2 is 1.58 bits per heavy atom. The molecule has 0 spiro atoms. The Kier molecular flexibility index (Phi) is 5.60. The fourth-order valence-electron chi connectivity index (χ4n) is 4.97. The van der Waals surface area contributed by atoms with E-state index >= 15 is 0 Å². The number of rotatable bonds is 6. The van der Waals surface area contributed by atoms with Crippen molar-refractivity contribution in [2.75, 3.05) is 0 Å². The maximum Gasteiger partial charge on any atom is 0.169 e. The van der Waals surface area contributed by atoms with Gasteiger partial charge in [-0.2, -0.15) is 5.26 Å². The molecule has 1 heterocycles. The highest BCUT2D eigenvalue weighted by Crippen LogP contribution is 2.45. The number of hydrogen-bond acceptors (Lipinski definition) is 1. The quantitative estimate of drug-likeness (QED) is 0.557. The Labute approximate surface area is 148 Å². The van der Waals surface area contributed by atoms with Crippen molar-refractivity contribution < 1.29 is 0 Å². The second kappa shape index (κ2) is 7.15. The maximum absolute atomic E-state index is 9.12. The molecule has 0 aliphatic carbocycles. The molecule has 1 aromatic heterocycles. The van der Waals surface area contributed by atoms with Gasteiger partial charge in [0.15, 0.2) is 8.24 Å². The van der Waals surface area contributed by atoms with Crippen LogP contribution in [0.2, 0.25) is 16.6 Å². The molecule has 0 radical (unpaired) electrons. The van der Waals surface area contributed by atoms with Gasteiger partial charge in [-0.05, 0) is 53.1 Å². The number of nitrogens with zero attached hydrogens (tertiary/aromatic N) is 2. The molecule has 0 aliphatic rings. The molecule has 0 bridgehead atoms. The molecule has 24 heavy (non-hydrogen) atoms. The number of aryl methyl sites for hydroxylation is 2. The van der Waals surface area contributed by atoms with E-state index in [0.717, 1.165) is 6.42 Å². The van der Waals surface area contributed by atoms with Crippen LogP contribution in [0.4, 0.5) is 0 Å². The molecule has 0 amide bonds. The van der Waals surface area contributed by atoms with E-state index < -0.39 is 8.24 Å². The summed E-state index contributed by atoms with van der Waals surface area (Å²) >= 11 is 0. The summed E-state index contributed by atoms with van der Waals surface area (Å²) in [4.78, 5) is 0. The lowest BCUT2D eigenvalue weighted by Gasteiger charge is -2.45. The molecule has 2 nitrogen and oxygen atoms in total. The Morgan fingerprint density at radius 3 is 2.08 bits per heavy atom. The lowest BCUT2D eigenvalue weighted by molar-refractivity contribution is 0.754. The van der Waals surface area contributed by atoms with Gasteiger partial charge in [0.1, 0.15) is 0 Å². The van der Waals surface area contributed by atoms with E-state index in [2.05, 4.69) is 83.0 Å². The van der Waals surface area contributed by atoms with Crippen LogP contribution in [0.5, 0.6) is 0 Å². The zero-order chi connectivity index (χ0) is 18.1. The summed E-state index contributed by atoms with van der Waals surface area (Å²) in [7, 11) is -1.83. The highest BCUT2D eigenvalue weighted by Gasteiger charge is 2.46. The number of benzene rings is 1. The van der Waals surface area contributed by atoms with E-state index in [-0.39, 0.29) is 0 Å². The Hall–Kier alpha value is -1.53. The smallest absolute Gasteiger partial charge is 0.169 e. The second-order valence-electron chi connectivity index (χ2n) is 8.04. The lowest BCUT2D eigenvalue weighted by atomic mass is 10.2. The van der Waals surface area contributed by atoms with Crippen LogP contribution in [0.15, 0.2) is 24.3 Å². The average Bonchev–Trinajstić information content (AvgIpc) is 2.83. The first-order valence-corrected chi connectivity index (χ1v) is 11.4. The van der Waals surface area contributed by atoms with Crippen LogP contribution >= 0.6 is 0 Å². The van der Waals surface area contributed by atoms with Crippen LogP contribution < -0.4 is 0 Å². The molecule has 3 heteroatoms. The summed E-state index contributed by atoms with van der Waals surface area (Å²) < 4.78 is 2.73. The molecule has 0 atom stereocenters. The third kappa shape index (κ3) is 2.93. The molecule has 0 fully saturated rings. The average molecular weight is 341 g/mol. The van der Waals surface area contributed by atoms with Gasteiger partial charge in [0.25, 0.3) is 0 Å². The molecule has 0 aliphatic heterocycles. The molecule has 0 saturated carbocycles. The van der Waals surface area contributed by atoms with Gasteiger partial charge in [0.2, 0.25) is 0 Å². The predicted octanol–water partition coefficient (Wildman–Crippen LogP) is 6.43. The first-order valence-electron chi connectivity index (χ1n) is 9.25. The van der Waals surface area contributed by atoms with E-state index in [0.29, 0.717) is 23.0 Å². The van der Waals surface area contributed by atoms with Crippen molar-refractivity contribution >= 4 is 19.1 Å². The number of hydrogen-bond donors (Lipinski definition) is 0. The van der Waals surface area contributed by atoms with Gasteiger partial charge in [-0.25, -0.2) is 0 Å². The first kappa shape index (κ1) is 18.8. The predicted molar refractivity (Wildman–Crippen MR) is 107 cm³/mol. The number of nitriles is 1. The fraction of sp³-hybridized carbons (Fsp3) is 0.571. The molecule has 2 rings (SSSR count). The highest BCUT2D eigenvalue weighted by molar-refractivity contribution is 6.82. The molecule has 2 aromatic rings. The van der Waals surface area contributed by atoms with Crippen LogP contribution in [0.3, 0.4) is 0 Å². The van der Waals surface area contributed by atoms with Gasteiger partial charge < -0.3 is 4.23 Å². The Balaban J connectivity index is 2.88. The topological polar surface area (TPSA) is 28.7 Å². The molecule has 0 unspecified atom stereocenters. The van der Waals surface area contributed by atoms with Gasteiger partial charge >= 0.3 is 0 Å². The minimum atomic E-state index is -1.83. The Morgan fingerprint density at radius 1 is 1.00 bits per heavy atom. The minimum Gasteiger partial charge on any atom is -0.371 e. The molecule has 130 valence electrons. The third-order valence-corrected chi connectivity index (χ3v) is 12.5. The summed E-state index contributed by atoms with van der Waals surface area (Å²) in [6.07, 6.45) is 1.44. The monoisotopic (exact) mass is 340 g/mol. The van der Waals surface area contributed by atoms with Crippen LogP contribution in [0, 0.1) is 18.3 Å². The Bertz CT molecular complexity index is 725. The van der Waals surface area contributed by atoms with Crippen molar-refractivity contribution in [3.63, 3.8) is 0 Å². The van der Waals surface area contributed by atoms with Crippen molar-refractivity contribution in [3.8, 4) is 6.07 Å². The lowest BCUT2D eigenvalue weighted by Crippen LogP contribution is -2.52. The largest absolute Gasteiger partial charge is 0.371 e. The van der Waals surface area contributed by atoms with Crippen LogP contribution in [-0.2, 0) is 6.42 Å². The van der Waals surface area contributed by atoms with Crippen molar-refractivity contribution in [1.29, 1.82) is 5.26 Å². The molecule has 0 N–H and O–H groups in total. The summed E-state index contributed by atoms with van der Waals surface area (Å²) in [5.74, 6) is 0. The van der Waals surface area contributed by atoms with E-state index in [1.54, 1.807) is 0 Å². The number of fused-ring (bicyclic) bond motifs is 1. The molecule has 1 aromatic carbocycles. The van der Waals surface area contributed by atoms with Crippen LogP contribution in [0.25, 0.3) is 10.9 Å². The van der Waals surface area contributed by atoms with E-state index in [9.17, 15) is 0 Å². The fourth-order valence-corrected chi connectivity index (χ4v) is 11.8. The molecular weight excluding hydrogens is 308 g/mol. The zero-order valence-electron chi connectivity index (χ0n) is 16.4. The van der Waals surface area contributed by atoms with Crippen LogP contribution in [0.1, 0.15) is 59.2 Å². The van der Waals surface area contributed by atoms with Gasteiger partial charge in [-0.1, -0.05) is 53.7 Å². The van der Waals surface area contributed by atoms with Crippen molar-refractivity contribution in [1.82, 2.24) is 4.23 Å². The van der Waals surface area contributed by atoms with Crippen molar-refractivity contribution in [2.45, 2.75) is 77.9 Å². The molecule has 0 saturated heterocycles. The highest BCUT2D eigenvalue weighted by atomic mass is 28.3. The normalized spacial score (nSPS) is 12.5. The van der Waals surface area contributed by atoms with Gasteiger partial charge in [0.05, 0.1) is 6.07 Å². The van der Waals surface area contributed by atoms with Gasteiger partial charge in [0, 0.05) is 17.6 Å². The summed E-state index contributed by atoms with van der Waals surface area (Å²) in [5, 5.41) is 10.4. The van der Waals surface area contributed by atoms with E-state index in [1.807, 2.05) is 0 Å². The summed E-state index contributed by atoms with van der Waals surface area (Å²) in [6.45, 7) is 16.6. The van der Waals surface area contributed by atoms with Gasteiger partial charge in [-0.3, -0.25) is 0 Å². The van der Waals surface area contributed by atoms with Gasteiger partial charge in [-0.15, -0.1) is 0 Å². The zero-order valence-corrected chi connectivity index (χ0v) is 17.4. The summed E-state index contributed by atoms with van der Waals surface area (Å²) in [5.41, 5.74) is 6.00. The third-order valence-electron chi connectivity index (χ3n) is 5.69. The maximum atomic E-state index is 9.12. The first-order chi connectivity index (χ1) is 11.3. The second-order valence-corrected chi connectivity index (χ2v) is 13.7.